The Morgan fingerprint density at radius 3 is 2.55 bits per heavy atom. The standard InChI is InChI=1S/C21H25F3N2O3/c1-3-28-16-9-10-19(29-4-2)14(12-16)11-15(27)13-26-18-8-6-5-7-17(18)20(25-26)21(22,23)24/h9-10,12H,3-8,11,13H2,1-2H3. The van der Waals surface area contributed by atoms with E-state index < -0.39 is 11.9 Å². The molecule has 29 heavy (non-hydrogen) atoms. The molecule has 0 amide bonds. The van der Waals surface area contributed by atoms with Crippen LogP contribution in [0.5, 0.6) is 11.5 Å². The fourth-order valence-corrected chi connectivity index (χ4v) is 3.71. The van der Waals surface area contributed by atoms with Crippen LogP contribution in [0.1, 0.15) is 49.2 Å². The Morgan fingerprint density at radius 1 is 1.14 bits per heavy atom. The van der Waals surface area contributed by atoms with E-state index in [0.717, 1.165) is 6.42 Å². The lowest BCUT2D eigenvalue weighted by Gasteiger charge is -2.15. The smallest absolute Gasteiger partial charge is 0.435 e. The molecule has 158 valence electrons. The lowest BCUT2D eigenvalue weighted by atomic mass is 9.95. The minimum Gasteiger partial charge on any atom is -0.494 e. The van der Waals surface area contributed by atoms with Crippen molar-refractivity contribution >= 4 is 5.78 Å². The molecular formula is C21H25F3N2O3. The molecule has 0 aliphatic heterocycles. The summed E-state index contributed by atoms with van der Waals surface area (Å²) in [7, 11) is 0. The Morgan fingerprint density at radius 2 is 1.86 bits per heavy atom. The van der Waals surface area contributed by atoms with Gasteiger partial charge < -0.3 is 9.47 Å². The third-order valence-electron chi connectivity index (χ3n) is 4.88. The summed E-state index contributed by atoms with van der Waals surface area (Å²) in [6.45, 7) is 4.44. The van der Waals surface area contributed by atoms with Gasteiger partial charge in [-0.25, -0.2) is 0 Å². The molecule has 0 bridgehead atoms. The van der Waals surface area contributed by atoms with E-state index in [0.29, 0.717) is 55.2 Å². The topological polar surface area (TPSA) is 53.4 Å². The molecule has 0 saturated carbocycles. The number of carbonyl (C=O) groups excluding carboxylic acids is 1. The SMILES string of the molecule is CCOc1ccc(OCC)c(CC(=O)Cn2nc(C(F)(F)F)c3c2CCCC3)c1. The Bertz CT molecular complexity index is 875. The second-order valence-electron chi connectivity index (χ2n) is 6.99. The van der Waals surface area contributed by atoms with Gasteiger partial charge >= 0.3 is 6.18 Å². The molecular weight excluding hydrogens is 385 g/mol. The maximum atomic E-state index is 13.3. The number of halogens is 3. The van der Waals surface area contributed by atoms with E-state index in [1.807, 2.05) is 13.8 Å². The van der Waals surface area contributed by atoms with Gasteiger partial charge in [-0.3, -0.25) is 9.48 Å². The highest BCUT2D eigenvalue weighted by atomic mass is 19.4. The van der Waals surface area contributed by atoms with Crippen LogP contribution in [0.4, 0.5) is 13.2 Å². The summed E-state index contributed by atoms with van der Waals surface area (Å²) in [5.41, 5.74) is 0.572. The van der Waals surface area contributed by atoms with Crippen molar-refractivity contribution in [3.05, 3.63) is 40.7 Å². The van der Waals surface area contributed by atoms with Crippen LogP contribution in [0, 0.1) is 0 Å². The second-order valence-corrected chi connectivity index (χ2v) is 6.99. The number of alkyl halides is 3. The van der Waals surface area contributed by atoms with Crippen LogP contribution < -0.4 is 9.47 Å². The van der Waals surface area contributed by atoms with Crippen molar-refractivity contribution in [2.45, 2.75) is 58.7 Å². The maximum Gasteiger partial charge on any atom is 0.435 e. The molecule has 0 unspecified atom stereocenters. The molecule has 1 heterocycles. The van der Waals surface area contributed by atoms with E-state index in [4.69, 9.17) is 9.47 Å². The van der Waals surface area contributed by atoms with Crippen LogP contribution in [-0.2, 0) is 36.8 Å². The highest BCUT2D eigenvalue weighted by Gasteiger charge is 2.39. The first-order chi connectivity index (χ1) is 13.8. The lowest BCUT2D eigenvalue weighted by Crippen LogP contribution is -2.18. The van der Waals surface area contributed by atoms with Gasteiger partial charge in [-0.1, -0.05) is 0 Å². The number of rotatable bonds is 8. The van der Waals surface area contributed by atoms with E-state index in [1.165, 1.54) is 4.68 Å². The van der Waals surface area contributed by atoms with Crippen molar-refractivity contribution in [2.24, 2.45) is 0 Å². The summed E-state index contributed by atoms with van der Waals surface area (Å²) in [5, 5.41) is 3.77. The molecule has 1 aromatic heterocycles. The normalized spacial score (nSPS) is 13.8. The van der Waals surface area contributed by atoms with Crippen molar-refractivity contribution < 1.29 is 27.4 Å². The molecule has 1 aliphatic rings. The molecule has 5 nitrogen and oxygen atoms in total. The van der Waals surface area contributed by atoms with Gasteiger partial charge in [0, 0.05) is 23.2 Å². The van der Waals surface area contributed by atoms with Gasteiger partial charge in [0.05, 0.1) is 13.2 Å². The van der Waals surface area contributed by atoms with E-state index in [-0.39, 0.29) is 24.3 Å². The number of nitrogens with zero attached hydrogens (tertiary/aromatic N) is 2. The Hall–Kier alpha value is -2.51. The third-order valence-corrected chi connectivity index (χ3v) is 4.88. The molecule has 0 spiro atoms. The Balaban J connectivity index is 1.83. The molecule has 0 fully saturated rings. The van der Waals surface area contributed by atoms with Gasteiger partial charge in [0.1, 0.15) is 18.0 Å². The Kier molecular flexibility index (Phi) is 6.49. The quantitative estimate of drug-likeness (QED) is 0.648. The van der Waals surface area contributed by atoms with Gasteiger partial charge in [-0.15, -0.1) is 0 Å². The summed E-state index contributed by atoms with van der Waals surface area (Å²) >= 11 is 0. The molecule has 2 aromatic rings. The molecule has 1 aliphatic carbocycles. The van der Waals surface area contributed by atoms with Crippen LogP contribution in [0.2, 0.25) is 0 Å². The van der Waals surface area contributed by atoms with Gasteiger partial charge in [0.2, 0.25) is 0 Å². The van der Waals surface area contributed by atoms with Gasteiger partial charge in [-0.2, -0.15) is 18.3 Å². The third kappa shape index (κ3) is 4.92. The first kappa shape index (κ1) is 21.2. The Labute approximate surface area is 167 Å². The van der Waals surface area contributed by atoms with Crippen LogP contribution in [0.15, 0.2) is 18.2 Å². The summed E-state index contributed by atoms with van der Waals surface area (Å²) in [4.78, 5) is 12.7. The summed E-state index contributed by atoms with van der Waals surface area (Å²) in [6.07, 6.45) is -2.11. The molecule has 0 saturated heterocycles. The van der Waals surface area contributed by atoms with Gasteiger partial charge in [0.15, 0.2) is 11.5 Å². The second kappa shape index (κ2) is 8.88. The van der Waals surface area contributed by atoms with Crippen LogP contribution in [0.25, 0.3) is 0 Å². The fourth-order valence-electron chi connectivity index (χ4n) is 3.71. The van der Waals surface area contributed by atoms with Crippen molar-refractivity contribution in [1.29, 1.82) is 0 Å². The minimum absolute atomic E-state index is 0.0340. The predicted octanol–water partition coefficient (Wildman–Crippen LogP) is 4.39. The molecule has 0 N–H and O–H groups in total. The number of fused-ring (bicyclic) bond motifs is 1. The van der Waals surface area contributed by atoms with Gasteiger partial charge in [0.25, 0.3) is 0 Å². The predicted molar refractivity (Wildman–Crippen MR) is 101 cm³/mol. The molecule has 8 heteroatoms. The van der Waals surface area contributed by atoms with Crippen molar-refractivity contribution in [3.63, 3.8) is 0 Å². The number of ketones is 1. The molecule has 3 rings (SSSR count). The first-order valence-corrected chi connectivity index (χ1v) is 9.89. The number of aromatic nitrogens is 2. The maximum absolute atomic E-state index is 13.3. The molecule has 1 aromatic carbocycles. The summed E-state index contributed by atoms with van der Waals surface area (Å²) < 4.78 is 52.3. The first-order valence-electron chi connectivity index (χ1n) is 9.89. The van der Waals surface area contributed by atoms with E-state index >= 15 is 0 Å². The van der Waals surface area contributed by atoms with Crippen molar-refractivity contribution in [1.82, 2.24) is 9.78 Å². The number of hydrogen-bond acceptors (Lipinski definition) is 4. The fraction of sp³-hybridized carbons (Fsp3) is 0.524. The van der Waals surface area contributed by atoms with Crippen LogP contribution in [-0.4, -0.2) is 28.8 Å². The summed E-state index contributed by atoms with van der Waals surface area (Å²) in [6, 6.07) is 5.25. The zero-order valence-corrected chi connectivity index (χ0v) is 16.6. The van der Waals surface area contributed by atoms with E-state index in [9.17, 15) is 18.0 Å². The van der Waals surface area contributed by atoms with Gasteiger partial charge in [-0.05, 0) is 57.7 Å². The lowest BCUT2D eigenvalue weighted by molar-refractivity contribution is -0.142. The molecule has 0 radical (unpaired) electrons. The van der Waals surface area contributed by atoms with E-state index in [1.54, 1.807) is 18.2 Å². The number of hydrogen-bond donors (Lipinski definition) is 0. The minimum atomic E-state index is -4.51. The van der Waals surface area contributed by atoms with Crippen molar-refractivity contribution in [3.8, 4) is 11.5 Å². The number of benzene rings is 1. The number of ether oxygens (including phenoxy) is 2. The average Bonchev–Trinajstić information content (AvgIpc) is 3.03. The van der Waals surface area contributed by atoms with Crippen molar-refractivity contribution in [2.75, 3.05) is 13.2 Å². The summed E-state index contributed by atoms with van der Waals surface area (Å²) in [5.74, 6) is 0.960. The zero-order chi connectivity index (χ0) is 21.0. The van der Waals surface area contributed by atoms with E-state index in [2.05, 4.69) is 5.10 Å². The average molecular weight is 410 g/mol. The number of Topliss-reactive ketones (excluding diaryl/α,β-unsaturated/α-hetero) is 1. The monoisotopic (exact) mass is 410 g/mol. The highest BCUT2D eigenvalue weighted by Crippen LogP contribution is 2.36. The van der Waals surface area contributed by atoms with Crippen LogP contribution >= 0.6 is 0 Å². The van der Waals surface area contributed by atoms with Crippen LogP contribution in [0.3, 0.4) is 0 Å². The highest BCUT2D eigenvalue weighted by molar-refractivity contribution is 5.81. The zero-order valence-electron chi connectivity index (χ0n) is 16.6. The largest absolute Gasteiger partial charge is 0.494 e. The molecule has 0 atom stereocenters. The number of carbonyl (C=O) groups is 1.